The van der Waals surface area contributed by atoms with Gasteiger partial charge in [0.15, 0.2) is 5.69 Å². The van der Waals surface area contributed by atoms with Crippen LogP contribution in [0.1, 0.15) is 5.69 Å². The fraction of sp³-hybridized carbons (Fsp3) is 0.0833. The molecule has 0 unspecified atom stereocenters. The van der Waals surface area contributed by atoms with E-state index in [1.54, 1.807) is 19.2 Å². The average molecular weight is 211 g/mol. The number of rotatable bonds is 1. The van der Waals surface area contributed by atoms with Crippen LogP contribution in [0.2, 0.25) is 0 Å². The van der Waals surface area contributed by atoms with Gasteiger partial charge in [0.05, 0.1) is 0 Å². The van der Waals surface area contributed by atoms with E-state index in [0.29, 0.717) is 5.69 Å². The van der Waals surface area contributed by atoms with Crippen molar-refractivity contribution >= 4 is 0 Å². The molecule has 2 aromatic rings. The maximum Gasteiger partial charge on any atom is 0.276 e. The van der Waals surface area contributed by atoms with Crippen LogP contribution < -0.4 is 5.56 Å². The zero-order chi connectivity index (χ0) is 11.5. The highest BCUT2D eigenvalue weighted by atomic mass is 16.1. The number of hydrogen-bond acceptors (Lipinski definition) is 3. The molecule has 0 atom stereocenters. The summed E-state index contributed by atoms with van der Waals surface area (Å²) in [5, 5.41) is 8.80. The first kappa shape index (κ1) is 10.1. The molecule has 78 valence electrons. The molecule has 0 spiro atoms. The maximum atomic E-state index is 11.8. The molecule has 0 aliphatic heterocycles. The van der Waals surface area contributed by atoms with Crippen LogP contribution in [0.25, 0.3) is 11.3 Å². The molecule has 1 aromatic heterocycles. The van der Waals surface area contributed by atoms with Crippen molar-refractivity contribution in [2.45, 2.75) is 0 Å². The maximum absolute atomic E-state index is 11.8. The van der Waals surface area contributed by atoms with E-state index < -0.39 is 0 Å². The van der Waals surface area contributed by atoms with Crippen molar-refractivity contribution in [1.29, 1.82) is 5.26 Å². The molecule has 16 heavy (non-hydrogen) atoms. The fourth-order valence-corrected chi connectivity index (χ4v) is 1.44. The van der Waals surface area contributed by atoms with Crippen LogP contribution in [0.5, 0.6) is 0 Å². The minimum atomic E-state index is -0.204. The SMILES string of the molecule is Cn1cc(C#N)nc(-c2ccccc2)c1=O. The van der Waals surface area contributed by atoms with Gasteiger partial charge in [-0.1, -0.05) is 30.3 Å². The lowest BCUT2D eigenvalue weighted by Crippen LogP contribution is -2.20. The monoisotopic (exact) mass is 211 g/mol. The van der Waals surface area contributed by atoms with E-state index in [0.717, 1.165) is 5.56 Å². The Morgan fingerprint density at radius 2 is 2.00 bits per heavy atom. The number of aryl methyl sites for hydroxylation is 1. The van der Waals surface area contributed by atoms with Crippen molar-refractivity contribution in [3.8, 4) is 17.3 Å². The molecule has 0 fully saturated rings. The Hall–Kier alpha value is -2.41. The van der Waals surface area contributed by atoms with Gasteiger partial charge in [-0.3, -0.25) is 4.79 Å². The van der Waals surface area contributed by atoms with Gasteiger partial charge in [-0.25, -0.2) is 4.98 Å². The predicted octanol–water partition coefficient (Wildman–Crippen LogP) is 1.32. The Morgan fingerprint density at radius 3 is 2.62 bits per heavy atom. The molecule has 0 amide bonds. The van der Waals surface area contributed by atoms with Gasteiger partial charge >= 0.3 is 0 Å². The second-order valence-electron chi connectivity index (χ2n) is 3.37. The molecular weight excluding hydrogens is 202 g/mol. The number of benzene rings is 1. The fourth-order valence-electron chi connectivity index (χ4n) is 1.44. The summed E-state index contributed by atoms with van der Waals surface area (Å²) in [7, 11) is 1.61. The van der Waals surface area contributed by atoms with Gasteiger partial charge < -0.3 is 4.57 Å². The minimum Gasteiger partial charge on any atom is -0.314 e. The van der Waals surface area contributed by atoms with Crippen molar-refractivity contribution in [1.82, 2.24) is 9.55 Å². The van der Waals surface area contributed by atoms with Crippen LogP contribution in [0.4, 0.5) is 0 Å². The number of hydrogen-bond donors (Lipinski definition) is 0. The molecule has 4 heteroatoms. The summed E-state index contributed by atoms with van der Waals surface area (Å²) in [5.74, 6) is 0. The first-order chi connectivity index (χ1) is 7.72. The molecule has 1 aromatic carbocycles. The molecule has 0 aliphatic carbocycles. The predicted molar refractivity (Wildman–Crippen MR) is 59.6 cm³/mol. The summed E-state index contributed by atoms with van der Waals surface area (Å²) in [4.78, 5) is 15.9. The van der Waals surface area contributed by atoms with Crippen LogP contribution in [0.3, 0.4) is 0 Å². The molecule has 2 rings (SSSR count). The molecule has 0 bridgehead atoms. The Labute approximate surface area is 92.4 Å². The summed E-state index contributed by atoms with van der Waals surface area (Å²) in [6, 6.07) is 11.0. The number of nitrogens with zero attached hydrogens (tertiary/aromatic N) is 3. The van der Waals surface area contributed by atoms with E-state index in [1.807, 2.05) is 24.3 Å². The quantitative estimate of drug-likeness (QED) is 0.714. The summed E-state index contributed by atoms with van der Waals surface area (Å²) < 4.78 is 1.37. The highest BCUT2D eigenvalue weighted by Gasteiger charge is 2.07. The first-order valence-corrected chi connectivity index (χ1v) is 4.75. The summed E-state index contributed by atoms with van der Waals surface area (Å²) in [5.41, 5.74) is 1.06. The van der Waals surface area contributed by atoms with Crippen LogP contribution in [-0.4, -0.2) is 9.55 Å². The van der Waals surface area contributed by atoms with Gasteiger partial charge in [0.2, 0.25) is 0 Å². The summed E-state index contributed by atoms with van der Waals surface area (Å²) in [6.07, 6.45) is 1.43. The van der Waals surface area contributed by atoms with E-state index in [9.17, 15) is 4.79 Å². The van der Waals surface area contributed by atoms with Crippen molar-refractivity contribution in [2.24, 2.45) is 7.05 Å². The number of aromatic nitrogens is 2. The van der Waals surface area contributed by atoms with Gasteiger partial charge in [0.25, 0.3) is 5.56 Å². The van der Waals surface area contributed by atoms with Crippen molar-refractivity contribution in [2.75, 3.05) is 0 Å². The normalized spacial score (nSPS) is 9.75. The third kappa shape index (κ3) is 1.71. The average Bonchev–Trinajstić information content (AvgIpc) is 2.33. The zero-order valence-corrected chi connectivity index (χ0v) is 8.71. The molecule has 0 N–H and O–H groups in total. The highest BCUT2D eigenvalue weighted by Crippen LogP contribution is 2.11. The molecule has 4 nitrogen and oxygen atoms in total. The van der Waals surface area contributed by atoms with Crippen LogP contribution in [0, 0.1) is 11.3 Å². The highest BCUT2D eigenvalue weighted by molar-refractivity contribution is 5.58. The van der Waals surface area contributed by atoms with Crippen molar-refractivity contribution in [3.05, 3.63) is 52.6 Å². The lowest BCUT2D eigenvalue weighted by molar-refractivity contribution is 0.839. The molecule has 0 radical (unpaired) electrons. The van der Waals surface area contributed by atoms with Crippen molar-refractivity contribution < 1.29 is 0 Å². The number of nitriles is 1. The van der Waals surface area contributed by atoms with Gasteiger partial charge in [-0.15, -0.1) is 0 Å². The molecule has 0 saturated carbocycles. The van der Waals surface area contributed by atoms with E-state index in [1.165, 1.54) is 10.8 Å². The minimum absolute atomic E-state index is 0.204. The summed E-state index contributed by atoms with van der Waals surface area (Å²) >= 11 is 0. The third-order valence-electron chi connectivity index (χ3n) is 2.23. The van der Waals surface area contributed by atoms with Gasteiger partial charge in [0.1, 0.15) is 11.8 Å². The third-order valence-corrected chi connectivity index (χ3v) is 2.23. The van der Waals surface area contributed by atoms with Crippen LogP contribution >= 0.6 is 0 Å². The molecule has 1 heterocycles. The van der Waals surface area contributed by atoms with E-state index in [-0.39, 0.29) is 11.3 Å². The van der Waals surface area contributed by atoms with Crippen LogP contribution in [0.15, 0.2) is 41.3 Å². The van der Waals surface area contributed by atoms with E-state index in [4.69, 9.17) is 5.26 Å². The lowest BCUT2D eigenvalue weighted by atomic mass is 10.1. The first-order valence-electron chi connectivity index (χ1n) is 4.75. The van der Waals surface area contributed by atoms with Gasteiger partial charge in [-0.05, 0) is 0 Å². The molecule has 0 saturated heterocycles. The standard InChI is InChI=1S/C12H9N3O/c1-15-8-10(7-13)14-11(12(15)16)9-5-3-2-4-6-9/h2-6,8H,1H3. The van der Waals surface area contributed by atoms with Gasteiger partial charge in [-0.2, -0.15) is 5.26 Å². The topological polar surface area (TPSA) is 58.7 Å². The molecular formula is C12H9N3O. The second kappa shape index (κ2) is 3.99. The van der Waals surface area contributed by atoms with E-state index >= 15 is 0 Å². The Bertz CT molecular complexity index is 608. The Kier molecular flexibility index (Phi) is 2.52. The summed E-state index contributed by atoms with van der Waals surface area (Å²) in [6.45, 7) is 0. The zero-order valence-electron chi connectivity index (χ0n) is 8.71. The molecule has 0 aliphatic rings. The smallest absolute Gasteiger partial charge is 0.276 e. The Morgan fingerprint density at radius 1 is 1.31 bits per heavy atom. The largest absolute Gasteiger partial charge is 0.314 e. The van der Waals surface area contributed by atoms with Crippen LogP contribution in [-0.2, 0) is 7.05 Å². The van der Waals surface area contributed by atoms with Crippen molar-refractivity contribution in [3.63, 3.8) is 0 Å². The Balaban J connectivity index is 2.71. The van der Waals surface area contributed by atoms with Gasteiger partial charge in [0, 0.05) is 18.8 Å². The van der Waals surface area contributed by atoms with E-state index in [2.05, 4.69) is 4.98 Å². The lowest BCUT2D eigenvalue weighted by Gasteiger charge is -2.03. The second-order valence-corrected chi connectivity index (χ2v) is 3.37.